The van der Waals surface area contributed by atoms with E-state index in [0.717, 1.165) is 43.3 Å². The fourth-order valence-electron chi connectivity index (χ4n) is 2.62. The number of hydrogen-bond acceptors (Lipinski definition) is 3. The highest BCUT2D eigenvalue weighted by molar-refractivity contribution is 6.43. The fourth-order valence-corrected chi connectivity index (χ4v) is 3.11. The van der Waals surface area contributed by atoms with Crippen molar-refractivity contribution in [3.8, 4) is 0 Å². The first-order valence-electron chi connectivity index (χ1n) is 7.81. The molecule has 3 nitrogen and oxygen atoms in total. The highest BCUT2D eigenvalue weighted by atomic mass is 35.5. The molecule has 126 valence electrons. The monoisotopic (exact) mass is 381 g/mol. The Hall–Kier alpha value is -1.26. The summed E-state index contributed by atoms with van der Waals surface area (Å²) in [4.78, 5) is 2.42. The van der Waals surface area contributed by atoms with Crippen molar-refractivity contribution in [3.63, 3.8) is 0 Å². The third-order valence-electron chi connectivity index (χ3n) is 4.01. The van der Waals surface area contributed by atoms with Crippen molar-refractivity contribution < 1.29 is 0 Å². The van der Waals surface area contributed by atoms with E-state index in [2.05, 4.69) is 27.1 Å². The summed E-state index contributed by atoms with van der Waals surface area (Å²) in [7, 11) is 0. The van der Waals surface area contributed by atoms with Gasteiger partial charge in [0.1, 0.15) is 0 Å². The Morgan fingerprint density at radius 3 is 2.33 bits per heavy atom. The van der Waals surface area contributed by atoms with Gasteiger partial charge in [-0.15, -0.1) is 0 Å². The predicted molar refractivity (Wildman–Crippen MR) is 102 cm³/mol. The van der Waals surface area contributed by atoms with Crippen molar-refractivity contribution >= 4 is 41.0 Å². The first-order valence-corrected chi connectivity index (χ1v) is 8.95. The van der Waals surface area contributed by atoms with Gasteiger partial charge in [-0.3, -0.25) is 9.91 Å². The number of hydrogen-bond donors (Lipinski definition) is 0. The third-order valence-corrected chi connectivity index (χ3v) is 5.10. The lowest BCUT2D eigenvalue weighted by atomic mass is 10.2. The maximum atomic E-state index is 6.18. The smallest absolute Gasteiger partial charge is 0.0680 e. The van der Waals surface area contributed by atoms with Crippen LogP contribution in [-0.2, 0) is 6.54 Å². The van der Waals surface area contributed by atoms with Crippen LogP contribution < -0.4 is 0 Å². The molecule has 2 aromatic rings. The Balaban J connectivity index is 1.52. The lowest BCUT2D eigenvalue weighted by Crippen LogP contribution is -2.43. The van der Waals surface area contributed by atoms with Crippen LogP contribution in [0.2, 0.25) is 15.1 Å². The lowest BCUT2D eigenvalue weighted by Gasteiger charge is -2.33. The van der Waals surface area contributed by atoms with Gasteiger partial charge in [-0.05, 0) is 23.8 Å². The van der Waals surface area contributed by atoms with Gasteiger partial charge in [0.05, 0.1) is 16.3 Å². The maximum Gasteiger partial charge on any atom is 0.0680 e. The number of halogens is 3. The molecule has 1 saturated heterocycles. The van der Waals surface area contributed by atoms with Gasteiger partial charge in [0.25, 0.3) is 0 Å². The molecule has 24 heavy (non-hydrogen) atoms. The van der Waals surface area contributed by atoms with Crippen molar-refractivity contribution in [2.45, 2.75) is 6.54 Å². The average Bonchev–Trinajstić information content (AvgIpc) is 2.59. The molecule has 0 spiro atoms. The quantitative estimate of drug-likeness (QED) is 0.707. The largest absolute Gasteiger partial charge is 0.295 e. The SMILES string of the molecule is Clc1ccc(CN2CCN(N=Cc3cccc(Cl)c3Cl)CC2)cc1. The minimum absolute atomic E-state index is 0.546. The zero-order valence-corrected chi connectivity index (χ0v) is 15.4. The number of hydrazone groups is 1. The molecular formula is C18H18Cl3N3. The number of rotatable bonds is 4. The third kappa shape index (κ3) is 4.64. The van der Waals surface area contributed by atoms with Crippen LogP contribution in [0.15, 0.2) is 47.6 Å². The van der Waals surface area contributed by atoms with Crippen LogP contribution in [0, 0.1) is 0 Å². The molecule has 0 aromatic heterocycles. The van der Waals surface area contributed by atoms with Gasteiger partial charge in [0, 0.05) is 43.3 Å². The van der Waals surface area contributed by atoms with Crippen molar-refractivity contribution in [1.82, 2.24) is 9.91 Å². The molecule has 1 heterocycles. The van der Waals surface area contributed by atoms with Crippen LogP contribution in [0.3, 0.4) is 0 Å². The zero-order valence-electron chi connectivity index (χ0n) is 13.1. The average molecular weight is 383 g/mol. The van der Waals surface area contributed by atoms with Crippen molar-refractivity contribution in [3.05, 3.63) is 68.7 Å². The molecule has 1 fully saturated rings. The summed E-state index contributed by atoms with van der Waals surface area (Å²) >= 11 is 18.1. The Kier molecular flexibility index (Phi) is 6.01. The Morgan fingerprint density at radius 1 is 0.917 bits per heavy atom. The first-order chi connectivity index (χ1) is 11.6. The van der Waals surface area contributed by atoms with Gasteiger partial charge in [-0.25, -0.2) is 0 Å². The molecule has 1 aliphatic heterocycles. The summed E-state index contributed by atoms with van der Waals surface area (Å²) in [6.07, 6.45) is 1.78. The highest BCUT2D eigenvalue weighted by Crippen LogP contribution is 2.24. The van der Waals surface area contributed by atoms with E-state index in [1.807, 2.05) is 24.3 Å². The lowest BCUT2D eigenvalue weighted by molar-refractivity contribution is 0.131. The Bertz CT molecular complexity index is 708. The second-order valence-corrected chi connectivity index (χ2v) is 6.97. The van der Waals surface area contributed by atoms with E-state index in [4.69, 9.17) is 34.8 Å². The molecular weight excluding hydrogens is 365 g/mol. The maximum absolute atomic E-state index is 6.18. The standard InChI is InChI=1S/C18H18Cl3N3/c19-16-6-4-14(5-7-16)13-23-8-10-24(11-9-23)22-12-15-2-1-3-17(20)18(15)21/h1-7,12H,8-11,13H2. The molecule has 1 aliphatic rings. The molecule has 0 radical (unpaired) electrons. The van der Waals surface area contributed by atoms with Gasteiger partial charge < -0.3 is 0 Å². The van der Waals surface area contributed by atoms with E-state index < -0.39 is 0 Å². The van der Waals surface area contributed by atoms with E-state index in [0.29, 0.717) is 10.0 Å². The Morgan fingerprint density at radius 2 is 1.62 bits per heavy atom. The second kappa shape index (κ2) is 8.21. The number of benzene rings is 2. The van der Waals surface area contributed by atoms with Crippen LogP contribution in [0.1, 0.15) is 11.1 Å². The summed E-state index contributed by atoms with van der Waals surface area (Å²) in [5.74, 6) is 0. The number of piperazine rings is 1. The molecule has 2 aromatic carbocycles. The molecule has 0 saturated carbocycles. The van der Waals surface area contributed by atoms with Crippen LogP contribution in [0.5, 0.6) is 0 Å². The summed E-state index contributed by atoms with van der Waals surface area (Å²) in [5.41, 5.74) is 2.12. The van der Waals surface area contributed by atoms with Crippen molar-refractivity contribution in [2.75, 3.05) is 26.2 Å². The molecule has 0 N–H and O–H groups in total. The number of nitrogens with zero attached hydrogens (tertiary/aromatic N) is 3. The van der Waals surface area contributed by atoms with E-state index in [-0.39, 0.29) is 0 Å². The van der Waals surface area contributed by atoms with E-state index in [1.54, 1.807) is 12.3 Å². The molecule has 3 rings (SSSR count). The highest BCUT2D eigenvalue weighted by Gasteiger charge is 2.15. The topological polar surface area (TPSA) is 18.8 Å². The summed E-state index contributed by atoms with van der Waals surface area (Å²) in [5, 5.41) is 8.47. The zero-order chi connectivity index (χ0) is 16.9. The second-order valence-electron chi connectivity index (χ2n) is 5.74. The molecule has 0 atom stereocenters. The van der Waals surface area contributed by atoms with E-state index >= 15 is 0 Å². The molecule has 0 aliphatic carbocycles. The van der Waals surface area contributed by atoms with Crippen molar-refractivity contribution in [1.29, 1.82) is 0 Å². The van der Waals surface area contributed by atoms with Gasteiger partial charge in [0.2, 0.25) is 0 Å². The predicted octanol–water partition coefficient (Wildman–Crippen LogP) is 4.80. The van der Waals surface area contributed by atoms with Crippen LogP contribution >= 0.6 is 34.8 Å². The van der Waals surface area contributed by atoms with Crippen LogP contribution in [-0.4, -0.2) is 42.3 Å². The summed E-state index contributed by atoms with van der Waals surface area (Å²) < 4.78 is 0. The minimum Gasteiger partial charge on any atom is -0.295 e. The minimum atomic E-state index is 0.546. The van der Waals surface area contributed by atoms with Gasteiger partial charge in [-0.1, -0.05) is 59.1 Å². The van der Waals surface area contributed by atoms with Gasteiger partial charge >= 0.3 is 0 Å². The molecule has 0 amide bonds. The van der Waals surface area contributed by atoms with Crippen molar-refractivity contribution in [2.24, 2.45) is 5.10 Å². The van der Waals surface area contributed by atoms with Crippen LogP contribution in [0.25, 0.3) is 0 Å². The van der Waals surface area contributed by atoms with E-state index in [1.165, 1.54) is 5.56 Å². The molecule has 6 heteroatoms. The Labute approximate surface area is 157 Å². The summed E-state index contributed by atoms with van der Waals surface area (Å²) in [6, 6.07) is 13.6. The van der Waals surface area contributed by atoms with Gasteiger partial charge in [-0.2, -0.15) is 5.10 Å². The van der Waals surface area contributed by atoms with E-state index in [9.17, 15) is 0 Å². The molecule has 0 unspecified atom stereocenters. The van der Waals surface area contributed by atoms with Gasteiger partial charge in [0.15, 0.2) is 0 Å². The van der Waals surface area contributed by atoms with Crippen LogP contribution in [0.4, 0.5) is 0 Å². The fraction of sp³-hybridized carbons (Fsp3) is 0.278. The summed E-state index contributed by atoms with van der Waals surface area (Å²) in [6.45, 7) is 4.67. The molecule has 0 bridgehead atoms. The normalized spacial score (nSPS) is 16.0. The first kappa shape index (κ1) is 17.6.